The van der Waals surface area contributed by atoms with Crippen LogP contribution < -0.4 is 10.1 Å². The van der Waals surface area contributed by atoms with Gasteiger partial charge in [0.1, 0.15) is 17.2 Å². The highest BCUT2D eigenvalue weighted by atomic mass is 32.1. The van der Waals surface area contributed by atoms with Crippen molar-refractivity contribution in [3.8, 4) is 16.2 Å². The lowest BCUT2D eigenvalue weighted by atomic mass is 9.78. The van der Waals surface area contributed by atoms with Gasteiger partial charge in [-0.15, -0.1) is 11.3 Å². The third-order valence-electron chi connectivity index (χ3n) is 5.91. The Kier molecular flexibility index (Phi) is 5.40. The van der Waals surface area contributed by atoms with Gasteiger partial charge in [0.2, 0.25) is 0 Å². The summed E-state index contributed by atoms with van der Waals surface area (Å²) in [6.07, 6.45) is 3.32. The topological polar surface area (TPSA) is 64.6 Å². The Balaban J connectivity index is 1.36. The van der Waals surface area contributed by atoms with E-state index in [1.165, 1.54) is 17.8 Å². The Labute approximate surface area is 169 Å². The number of amides is 1. The quantitative estimate of drug-likeness (QED) is 0.774. The second-order valence-corrected chi connectivity index (χ2v) is 8.82. The van der Waals surface area contributed by atoms with Crippen molar-refractivity contribution in [2.45, 2.75) is 45.8 Å². The minimum Gasteiger partial charge on any atom is -0.488 e. The number of ether oxygens (including phenoxy) is 2. The molecule has 28 heavy (non-hydrogen) atoms. The van der Waals surface area contributed by atoms with Crippen molar-refractivity contribution in [1.29, 1.82) is 0 Å². The number of fused-ring (bicyclic) bond motifs is 3. The number of para-hydroxylation sites is 1. The van der Waals surface area contributed by atoms with Gasteiger partial charge in [0, 0.05) is 22.0 Å². The van der Waals surface area contributed by atoms with Gasteiger partial charge < -0.3 is 14.8 Å². The minimum absolute atomic E-state index is 0.164. The van der Waals surface area contributed by atoms with Crippen LogP contribution in [0.3, 0.4) is 0 Å². The van der Waals surface area contributed by atoms with Gasteiger partial charge in [0.25, 0.3) is 5.91 Å². The number of thiophene rings is 1. The van der Waals surface area contributed by atoms with Gasteiger partial charge in [-0.05, 0) is 36.5 Å². The van der Waals surface area contributed by atoms with Crippen LogP contribution in [0.15, 0.2) is 30.3 Å². The largest absolute Gasteiger partial charge is 0.488 e. The van der Waals surface area contributed by atoms with Crippen LogP contribution in [0.5, 0.6) is 5.75 Å². The Hall–Kier alpha value is -2.34. The zero-order chi connectivity index (χ0) is 19.7. The molecule has 1 aliphatic carbocycles. The molecule has 2 aliphatic rings. The number of carbonyl (C=O) groups excluding carboxylic acids is 2. The van der Waals surface area contributed by atoms with Crippen LogP contribution in [-0.2, 0) is 16.1 Å². The number of rotatable bonds is 4. The minimum atomic E-state index is -0.461. The third kappa shape index (κ3) is 3.78. The van der Waals surface area contributed by atoms with E-state index in [0.717, 1.165) is 34.6 Å². The van der Waals surface area contributed by atoms with Crippen molar-refractivity contribution in [3.05, 3.63) is 40.8 Å². The van der Waals surface area contributed by atoms with Crippen LogP contribution in [0.1, 0.15) is 48.3 Å². The zero-order valence-electron chi connectivity index (χ0n) is 16.2. The van der Waals surface area contributed by atoms with E-state index in [-0.39, 0.29) is 18.6 Å². The maximum absolute atomic E-state index is 12.5. The molecule has 5 nitrogen and oxygen atoms in total. The lowest BCUT2D eigenvalue weighted by molar-refractivity contribution is -0.125. The number of benzene rings is 1. The number of carbonyl (C=O) groups is 2. The molecule has 0 saturated heterocycles. The summed E-state index contributed by atoms with van der Waals surface area (Å²) in [6, 6.07) is 9.76. The van der Waals surface area contributed by atoms with Crippen LogP contribution >= 0.6 is 11.3 Å². The Bertz CT molecular complexity index is 890. The Morgan fingerprint density at radius 2 is 2.07 bits per heavy atom. The fourth-order valence-corrected chi connectivity index (χ4v) is 5.13. The molecule has 148 valence electrons. The average Bonchev–Trinajstić information content (AvgIpc) is 3.15. The predicted octanol–water partition coefficient (Wildman–Crippen LogP) is 4.41. The van der Waals surface area contributed by atoms with E-state index >= 15 is 0 Å². The van der Waals surface area contributed by atoms with Crippen LogP contribution in [0, 0.1) is 11.8 Å². The first kappa shape index (κ1) is 19.0. The summed E-state index contributed by atoms with van der Waals surface area (Å²) in [4.78, 5) is 26.2. The van der Waals surface area contributed by atoms with Crippen molar-refractivity contribution in [2.24, 2.45) is 11.8 Å². The second kappa shape index (κ2) is 7.95. The van der Waals surface area contributed by atoms with E-state index in [9.17, 15) is 9.59 Å². The molecule has 6 heteroatoms. The lowest BCUT2D eigenvalue weighted by Crippen LogP contribution is -2.45. The first-order chi connectivity index (χ1) is 13.5. The Morgan fingerprint density at radius 3 is 2.93 bits per heavy atom. The lowest BCUT2D eigenvalue weighted by Gasteiger charge is -2.34. The van der Waals surface area contributed by atoms with Crippen LogP contribution in [0.4, 0.5) is 0 Å². The van der Waals surface area contributed by atoms with Gasteiger partial charge in [-0.3, -0.25) is 4.79 Å². The number of hydrogen-bond donors (Lipinski definition) is 1. The maximum Gasteiger partial charge on any atom is 0.348 e. The molecule has 2 aromatic rings. The van der Waals surface area contributed by atoms with Gasteiger partial charge >= 0.3 is 5.97 Å². The standard InChI is InChI=1S/C22H25NO4S/c1-13-6-5-8-17(14(13)2)23-20(24)12-27-22(25)19-10-15-11-26-18-9-4-3-7-16(18)21(15)28-19/h3-4,7,9-10,13-14,17H,5-6,8,11-12H2,1-2H3,(H,23,24). The molecule has 0 spiro atoms. The van der Waals surface area contributed by atoms with Gasteiger partial charge in [-0.2, -0.15) is 0 Å². The van der Waals surface area contributed by atoms with Crippen LogP contribution in [-0.4, -0.2) is 24.5 Å². The predicted molar refractivity (Wildman–Crippen MR) is 108 cm³/mol. The molecular weight excluding hydrogens is 374 g/mol. The monoisotopic (exact) mass is 399 g/mol. The highest BCUT2D eigenvalue weighted by Crippen LogP contribution is 2.42. The number of hydrogen-bond acceptors (Lipinski definition) is 5. The molecule has 1 saturated carbocycles. The van der Waals surface area contributed by atoms with E-state index in [2.05, 4.69) is 19.2 Å². The molecule has 1 aromatic heterocycles. The molecule has 0 bridgehead atoms. The van der Waals surface area contributed by atoms with E-state index in [1.54, 1.807) is 6.07 Å². The fourth-order valence-electron chi connectivity index (χ4n) is 4.04. The Morgan fingerprint density at radius 1 is 1.25 bits per heavy atom. The molecular formula is C22H25NO4S. The SMILES string of the molecule is CC1CCCC(NC(=O)COC(=O)c2cc3c(s2)-c2ccccc2OC3)C1C. The summed E-state index contributed by atoms with van der Waals surface area (Å²) in [5.74, 6) is 1.18. The van der Waals surface area contributed by atoms with Crippen molar-refractivity contribution in [2.75, 3.05) is 6.61 Å². The van der Waals surface area contributed by atoms with Crippen LogP contribution in [0.2, 0.25) is 0 Å². The molecule has 1 amide bonds. The number of esters is 1. The van der Waals surface area contributed by atoms with Gasteiger partial charge in [-0.1, -0.05) is 38.8 Å². The molecule has 1 fully saturated rings. The van der Waals surface area contributed by atoms with E-state index in [1.807, 2.05) is 24.3 Å². The molecule has 2 heterocycles. The maximum atomic E-state index is 12.5. The molecule has 1 aromatic carbocycles. The second-order valence-electron chi connectivity index (χ2n) is 7.77. The molecule has 3 atom stereocenters. The first-order valence-electron chi connectivity index (χ1n) is 9.84. The van der Waals surface area contributed by atoms with Crippen molar-refractivity contribution in [1.82, 2.24) is 5.32 Å². The van der Waals surface area contributed by atoms with Gasteiger partial charge in [-0.25, -0.2) is 4.79 Å². The van der Waals surface area contributed by atoms with E-state index < -0.39 is 5.97 Å². The first-order valence-corrected chi connectivity index (χ1v) is 10.7. The summed E-state index contributed by atoms with van der Waals surface area (Å²) in [6.45, 7) is 4.60. The summed E-state index contributed by atoms with van der Waals surface area (Å²) in [5, 5.41) is 3.04. The molecule has 4 rings (SSSR count). The van der Waals surface area contributed by atoms with Crippen molar-refractivity contribution < 1.29 is 19.1 Å². The molecule has 1 aliphatic heterocycles. The van der Waals surface area contributed by atoms with Crippen LogP contribution in [0.25, 0.3) is 10.4 Å². The van der Waals surface area contributed by atoms with Crippen molar-refractivity contribution in [3.63, 3.8) is 0 Å². The summed E-state index contributed by atoms with van der Waals surface area (Å²) in [5.41, 5.74) is 1.97. The number of nitrogens with one attached hydrogen (secondary N) is 1. The fraction of sp³-hybridized carbons (Fsp3) is 0.455. The smallest absolute Gasteiger partial charge is 0.348 e. The summed E-state index contributed by atoms with van der Waals surface area (Å²) >= 11 is 1.39. The zero-order valence-corrected chi connectivity index (χ0v) is 17.0. The van der Waals surface area contributed by atoms with Gasteiger partial charge in [0.15, 0.2) is 6.61 Å². The van der Waals surface area contributed by atoms with Crippen molar-refractivity contribution >= 4 is 23.2 Å². The van der Waals surface area contributed by atoms with E-state index in [4.69, 9.17) is 9.47 Å². The van der Waals surface area contributed by atoms with Gasteiger partial charge in [0.05, 0.1) is 0 Å². The molecule has 3 unspecified atom stereocenters. The highest BCUT2D eigenvalue weighted by molar-refractivity contribution is 7.17. The summed E-state index contributed by atoms with van der Waals surface area (Å²) < 4.78 is 11.0. The molecule has 0 radical (unpaired) electrons. The third-order valence-corrected chi connectivity index (χ3v) is 7.10. The average molecular weight is 400 g/mol. The molecule has 1 N–H and O–H groups in total. The normalized spacial score (nSPS) is 23.1. The highest BCUT2D eigenvalue weighted by Gasteiger charge is 2.28. The van der Waals surface area contributed by atoms with E-state index in [0.29, 0.717) is 23.3 Å². The summed E-state index contributed by atoms with van der Waals surface area (Å²) in [7, 11) is 0.